The van der Waals surface area contributed by atoms with Gasteiger partial charge in [-0.15, -0.1) is 0 Å². The lowest BCUT2D eigenvalue weighted by Crippen LogP contribution is -2.15. The number of imidazole rings is 1. The molecule has 0 amide bonds. The van der Waals surface area contributed by atoms with Crippen molar-refractivity contribution >= 4 is 21.9 Å². The van der Waals surface area contributed by atoms with Crippen molar-refractivity contribution in [2.24, 2.45) is 0 Å². The van der Waals surface area contributed by atoms with Crippen molar-refractivity contribution in [3.8, 4) is 5.75 Å². The van der Waals surface area contributed by atoms with Gasteiger partial charge >= 0.3 is 5.97 Å². The van der Waals surface area contributed by atoms with Gasteiger partial charge in [-0.2, -0.15) is 0 Å². The lowest BCUT2D eigenvalue weighted by atomic mass is 10.3. The second-order valence-electron chi connectivity index (χ2n) is 3.95. The number of benzene rings is 1. The Labute approximate surface area is 119 Å². The Morgan fingerprint density at radius 3 is 3.00 bits per heavy atom. The number of hydrogen-bond donors (Lipinski definition) is 1. The SMILES string of the molecule is Cc1ncc(C(=O)O)n1CCOc1cccc(Br)c1. The van der Waals surface area contributed by atoms with E-state index in [-0.39, 0.29) is 5.69 Å². The van der Waals surface area contributed by atoms with Crippen LogP contribution in [0.5, 0.6) is 5.75 Å². The van der Waals surface area contributed by atoms with Gasteiger partial charge in [0.2, 0.25) is 0 Å². The summed E-state index contributed by atoms with van der Waals surface area (Å²) in [5, 5.41) is 9.02. The van der Waals surface area contributed by atoms with Crippen LogP contribution >= 0.6 is 15.9 Å². The van der Waals surface area contributed by atoms with Crippen LogP contribution in [0.25, 0.3) is 0 Å². The lowest BCUT2D eigenvalue weighted by Gasteiger charge is -2.10. The zero-order valence-corrected chi connectivity index (χ0v) is 11.9. The summed E-state index contributed by atoms with van der Waals surface area (Å²) >= 11 is 3.36. The van der Waals surface area contributed by atoms with E-state index in [0.717, 1.165) is 10.2 Å². The molecule has 2 rings (SSSR count). The first-order chi connectivity index (χ1) is 9.08. The van der Waals surface area contributed by atoms with Crippen molar-refractivity contribution in [2.75, 3.05) is 6.61 Å². The molecule has 6 heteroatoms. The van der Waals surface area contributed by atoms with E-state index in [9.17, 15) is 4.79 Å². The monoisotopic (exact) mass is 324 g/mol. The van der Waals surface area contributed by atoms with Crippen LogP contribution in [0.3, 0.4) is 0 Å². The molecule has 0 fully saturated rings. The van der Waals surface area contributed by atoms with Gasteiger partial charge in [0.15, 0.2) is 0 Å². The van der Waals surface area contributed by atoms with Crippen molar-refractivity contribution in [1.82, 2.24) is 9.55 Å². The molecular formula is C13H13BrN2O3. The maximum Gasteiger partial charge on any atom is 0.354 e. The molecule has 0 bridgehead atoms. The molecule has 0 spiro atoms. The highest BCUT2D eigenvalue weighted by atomic mass is 79.9. The number of aromatic nitrogens is 2. The van der Waals surface area contributed by atoms with E-state index in [2.05, 4.69) is 20.9 Å². The van der Waals surface area contributed by atoms with Crippen molar-refractivity contribution < 1.29 is 14.6 Å². The number of hydrogen-bond acceptors (Lipinski definition) is 3. The summed E-state index contributed by atoms with van der Waals surface area (Å²) in [6.07, 6.45) is 1.36. The largest absolute Gasteiger partial charge is 0.492 e. The van der Waals surface area contributed by atoms with Gasteiger partial charge in [-0.3, -0.25) is 0 Å². The van der Waals surface area contributed by atoms with Crippen LogP contribution in [-0.2, 0) is 6.54 Å². The minimum Gasteiger partial charge on any atom is -0.492 e. The summed E-state index contributed by atoms with van der Waals surface area (Å²) in [5.74, 6) is 0.419. The third-order valence-electron chi connectivity index (χ3n) is 2.65. The van der Waals surface area contributed by atoms with Gasteiger partial charge in [-0.05, 0) is 25.1 Å². The summed E-state index contributed by atoms with van der Waals surface area (Å²) in [4.78, 5) is 15.0. The standard InChI is InChI=1S/C13H13BrN2O3/c1-9-15-8-12(13(17)18)16(9)5-6-19-11-4-2-3-10(14)7-11/h2-4,7-8H,5-6H2,1H3,(H,17,18). The molecular weight excluding hydrogens is 312 g/mol. The number of ether oxygens (including phenoxy) is 1. The number of halogens is 1. The highest BCUT2D eigenvalue weighted by molar-refractivity contribution is 9.10. The number of carbonyl (C=O) groups is 1. The molecule has 19 heavy (non-hydrogen) atoms. The molecule has 0 unspecified atom stereocenters. The molecule has 0 aliphatic heterocycles. The molecule has 1 aromatic carbocycles. The highest BCUT2D eigenvalue weighted by Crippen LogP contribution is 2.17. The van der Waals surface area contributed by atoms with Crippen LogP contribution < -0.4 is 4.74 Å². The van der Waals surface area contributed by atoms with Crippen LogP contribution in [0.2, 0.25) is 0 Å². The highest BCUT2D eigenvalue weighted by Gasteiger charge is 2.12. The van der Waals surface area contributed by atoms with Gasteiger partial charge in [0.05, 0.1) is 12.7 Å². The third kappa shape index (κ3) is 3.35. The van der Waals surface area contributed by atoms with Gasteiger partial charge in [0.25, 0.3) is 0 Å². The fourth-order valence-electron chi connectivity index (χ4n) is 1.73. The molecule has 0 radical (unpaired) electrons. The first kappa shape index (κ1) is 13.6. The fraction of sp³-hybridized carbons (Fsp3) is 0.231. The van der Waals surface area contributed by atoms with E-state index in [0.29, 0.717) is 19.0 Å². The van der Waals surface area contributed by atoms with E-state index >= 15 is 0 Å². The molecule has 0 aliphatic rings. The van der Waals surface area contributed by atoms with Crippen LogP contribution in [0.15, 0.2) is 34.9 Å². The number of carboxylic acid groups (broad SMARTS) is 1. The second kappa shape index (κ2) is 5.88. The molecule has 100 valence electrons. The van der Waals surface area contributed by atoms with Crippen LogP contribution in [0, 0.1) is 6.92 Å². The van der Waals surface area contributed by atoms with E-state index < -0.39 is 5.97 Å². The zero-order valence-electron chi connectivity index (χ0n) is 10.3. The minimum absolute atomic E-state index is 0.176. The molecule has 0 aliphatic carbocycles. The zero-order chi connectivity index (χ0) is 13.8. The Balaban J connectivity index is 2.00. The van der Waals surface area contributed by atoms with Crippen molar-refractivity contribution in [3.63, 3.8) is 0 Å². The molecule has 2 aromatic rings. The van der Waals surface area contributed by atoms with Crippen molar-refractivity contribution in [2.45, 2.75) is 13.5 Å². The predicted molar refractivity (Wildman–Crippen MR) is 73.6 cm³/mol. The van der Waals surface area contributed by atoms with Gasteiger partial charge in [-0.25, -0.2) is 9.78 Å². The van der Waals surface area contributed by atoms with Crippen molar-refractivity contribution in [1.29, 1.82) is 0 Å². The van der Waals surface area contributed by atoms with E-state index in [1.165, 1.54) is 6.20 Å². The topological polar surface area (TPSA) is 64.3 Å². The maximum absolute atomic E-state index is 11.0. The van der Waals surface area contributed by atoms with Crippen molar-refractivity contribution in [3.05, 3.63) is 46.5 Å². The lowest BCUT2D eigenvalue weighted by molar-refractivity contribution is 0.0683. The Kier molecular flexibility index (Phi) is 4.21. The Morgan fingerprint density at radius 1 is 1.53 bits per heavy atom. The molecule has 1 heterocycles. The molecule has 0 atom stereocenters. The molecule has 5 nitrogen and oxygen atoms in total. The molecule has 1 aromatic heterocycles. The van der Waals surface area contributed by atoms with E-state index in [1.54, 1.807) is 11.5 Å². The number of rotatable bonds is 5. The van der Waals surface area contributed by atoms with Gasteiger partial charge < -0.3 is 14.4 Å². The Bertz CT molecular complexity index is 595. The van der Waals surface area contributed by atoms with Gasteiger partial charge in [0, 0.05) is 4.47 Å². The average molecular weight is 325 g/mol. The van der Waals surface area contributed by atoms with E-state index in [1.807, 2.05) is 24.3 Å². The number of aryl methyl sites for hydroxylation is 1. The fourth-order valence-corrected chi connectivity index (χ4v) is 2.11. The Hall–Kier alpha value is -1.82. The molecule has 1 N–H and O–H groups in total. The molecule has 0 saturated heterocycles. The van der Waals surface area contributed by atoms with Crippen LogP contribution in [0.1, 0.15) is 16.3 Å². The normalized spacial score (nSPS) is 10.4. The first-order valence-electron chi connectivity index (χ1n) is 5.71. The molecule has 0 saturated carbocycles. The smallest absolute Gasteiger partial charge is 0.354 e. The number of nitrogens with zero attached hydrogens (tertiary/aromatic N) is 2. The minimum atomic E-state index is -0.983. The average Bonchev–Trinajstić information content (AvgIpc) is 2.71. The van der Waals surface area contributed by atoms with Crippen LogP contribution in [-0.4, -0.2) is 27.2 Å². The summed E-state index contributed by atoms with van der Waals surface area (Å²) in [6, 6.07) is 7.50. The number of aromatic carboxylic acids is 1. The maximum atomic E-state index is 11.0. The second-order valence-corrected chi connectivity index (χ2v) is 4.87. The predicted octanol–water partition coefficient (Wildman–Crippen LogP) is 2.73. The number of carboxylic acids is 1. The first-order valence-corrected chi connectivity index (χ1v) is 6.51. The summed E-state index contributed by atoms with van der Waals surface area (Å²) in [5.41, 5.74) is 0.176. The van der Waals surface area contributed by atoms with Crippen LogP contribution in [0.4, 0.5) is 0 Å². The summed E-state index contributed by atoms with van der Waals surface area (Å²) in [6.45, 7) is 2.60. The van der Waals surface area contributed by atoms with E-state index in [4.69, 9.17) is 9.84 Å². The van der Waals surface area contributed by atoms with Gasteiger partial charge in [0.1, 0.15) is 23.9 Å². The summed E-state index contributed by atoms with van der Waals surface area (Å²) < 4.78 is 8.14. The summed E-state index contributed by atoms with van der Waals surface area (Å²) in [7, 11) is 0. The van der Waals surface area contributed by atoms with Gasteiger partial charge in [-0.1, -0.05) is 22.0 Å². The quantitative estimate of drug-likeness (QED) is 0.918. The third-order valence-corrected chi connectivity index (χ3v) is 3.15. The Morgan fingerprint density at radius 2 is 2.32 bits per heavy atom.